The van der Waals surface area contributed by atoms with Crippen LogP contribution in [-0.4, -0.2) is 45.6 Å². The summed E-state index contributed by atoms with van der Waals surface area (Å²) in [7, 11) is 0. The van der Waals surface area contributed by atoms with Gasteiger partial charge in [-0.15, -0.1) is 0 Å². The number of anilines is 2. The summed E-state index contributed by atoms with van der Waals surface area (Å²) in [4.78, 5) is 29.3. The second kappa shape index (κ2) is 9.07. The number of nitrogens with zero attached hydrogens (tertiary/aromatic N) is 5. The molecule has 1 fully saturated rings. The van der Waals surface area contributed by atoms with Gasteiger partial charge in [0.15, 0.2) is 0 Å². The second-order valence-electron chi connectivity index (χ2n) is 7.69. The molecule has 1 aliphatic heterocycles. The first-order chi connectivity index (χ1) is 15.1. The number of rotatable bonds is 6. The van der Waals surface area contributed by atoms with Crippen molar-refractivity contribution in [3.63, 3.8) is 0 Å². The van der Waals surface area contributed by atoms with Gasteiger partial charge < -0.3 is 14.9 Å². The SMILES string of the molecule is CCCCn1c(=O)cnn(-c2ccc(N3CCN(c4ccc(O)cc4)CC3)cc2)c1=O. The van der Waals surface area contributed by atoms with E-state index in [0.717, 1.165) is 50.4 Å². The number of hydrogen-bond acceptors (Lipinski definition) is 6. The molecule has 0 amide bonds. The molecule has 1 aromatic heterocycles. The van der Waals surface area contributed by atoms with Crippen LogP contribution in [0.4, 0.5) is 11.4 Å². The summed E-state index contributed by atoms with van der Waals surface area (Å²) >= 11 is 0. The number of piperazine rings is 1. The molecule has 31 heavy (non-hydrogen) atoms. The predicted molar refractivity (Wildman–Crippen MR) is 122 cm³/mol. The molecule has 2 heterocycles. The lowest BCUT2D eigenvalue weighted by molar-refractivity contribution is 0.475. The van der Waals surface area contributed by atoms with E-state index in [4.69, 9.17) is 0 Å². The molecule has 0 atom stereocenters. The Kier molecular flexibility index (Phi) is 6.06. The van der Waals surface area contributed by atoms with E-state index < -0.39 is 5.69 Å². The fraction of sp³-hybridized carbons (Fsp3) is 0.348. The Morgan fingerprint density at radius 3 is 1.90 bits per heavy atom. The third kappa shape index (κ3) is 4.47. The molecule has 4 rings (SSSR count). The molecule has 8 nitrogen and oxygen atoms in total. The van der Waals surface area contributed by atoms with E-state index in [1.807, 2.05) is 43.3 Å². The van der Waals surface area contributed by atoms with Crippen LogP contribution in [0.5, 0.6) is 5.75 Å². The number of phenols is 1. The molecule has 2 aromatic carbocycles. The van der Waals surface area contributed by atoms with E-state index >= 15 is 0 Å². The lowest BCUT2D eigenvalue weighted by atomic mass is 10.2. The zero-order chi connectivity index (χ0) is 21.8. The van der Waals surface area contributed by atoms with Crippen LogP contribution < -0.4 is 21.0 Å². The zero-order valence-corrected chi connectivity index (χ0v) is 17.6. The number of unbranched alkanes of at least 4 members (excludes halogenated alkanes) is 1. The van der Waals surface area contributed by atoms with Crippen LogP contribution in [0.1, 0.15) is 19.8 Å². The van der Waals surface area contributed by atoms with Crippen molar-refractivity contribution in [1.82, 2.24) is 14.3 Å². The monoisotopic (exact) mass is 421 g/mol. The van der Waals surface area contributed by atoms with Gasteiger partial charge in [0, 0.05) is 44.1 Å². The Hall–Kier alpha value is -3.55. The van der Waals surface area contributed by atoms with Crippen molar-refractivity contribution < 1.29 is 5.11 Å². The number of aromatic nitrogens is 3. The first-order valence-corrected chi connectivity index (χ1v) is 10.7. The van der Waals surface area contributed by atoms with Gasteiger partial charge in [-0.25, -0.2) is 4.79 Å². The van der Waals surface area contributed by atoms with Gasteiger partial charge in [0.25, 0.3) is 5.56 Å². The molecular weight excluding hydrogens is 394 g/mol. The van der Waals surface area contributed by atoms with Crippen molar-refractivity contribution in [3.8, 4) is 11.4 Å². The van der Waals surface area contributed by atoms with Crippen LogP contribution in [0.25, 0.3) is 5.69 Å². The Bertz CT molecular complexity index is 1130. The number of benzene rings is 2. The van der Waals surface area contributed by atoms with E-state index in [2.05, 4.69) is 14.9 Å². The fourth-order valence-corrected chi connectivity index (χ4v) is 3.82. The highest BCUT2D eigenvalue weighted by Gasteiger charge is 2.18. The Balaban J connectivity index is 1.46. The third-order valence-corrected chi connectivity index (χ3v) is 5.65. The number of aromatic hydroxyl groups is 1. The van der Waals surface area contributed by atoms with Gasteiger partial charge in [0.2, 0.25) is 0 Å². The molecule has 162 valence electrons. The van der Waals surface area contributed by atoms with Crippen molar-refractivity contribution in [1.29, 1.82) is 0 Å². The lowest BCUT2D eigenvalue weighted by Crippen LogP contribution is -2.46. The molecule has 1 N–H and O–H groups in total. The molecule has 0 bridgehead atoms. The van der Waals surface area contributed by atoms with Crippen molar-refractivity contribution >= 4 is 11.4 Å². The van der Waals surface area contributed by atoms with E-state index in [9.17, 15) is 14.7 Å². The second-order valence-corrected chi connectivity index (χ2v) is 7.69. The molecule has 0 unspecified atom stereocenters. The highest BCUT2D eigenvalue weighted by molar-refractivity contribution is 5.54. The summed E-state index contributed by atoms with van der Waals surface area (Å²) in [6.45, 7) is 5.95. The number of hydrogen-bond donors (Lipinski definition) is 1. The van der Waals surface area contributed by atoms with Crippen LogP contribution in [0.2, 0.25) is 0 Å². The van der Waals surface area contributed by atoms with Crippen LogP contribution >= 0.6 is 0 Å². The minimum atomic E-state index is -0.406. The van der Waals surface area contributed by atoms with E-state index in [1.165, 1.54) is 15.4 Å². The van der Waals surface area contributed by atoms with Gasteiger partial charge in [0.1, 0.15) is 11.9 Å². The van der Waals surface area contributed by atoms with Gasteiger partial charge in [-0.1, -0.05) is 13.3 Å². The zero-order valence-electron chi connectivity index (χ0n) is 17.6. The summed E-state index contributed by atoms with van der Waals surface area (Å²) in [6, 6.07) is 15.0. The van der Waals surface area contributed by atoms with Crippen molar-refractivity contribution in [2.24, 2.45) is 0 Å². The Labute approximate surface area is 180 Å². The van der Waals surface area contributed by atoms with Crippen LogP contribution in [-0.2, 0) is 6.54 Å². The molecule has 3 aromatic rings. The van der Waals surface area contributed by atoms with Gasteiger partial charge in [-0.3, -0.25) is 9.36 Å². The predicted octanol–water partition coefficient (Wildman–Crippen LogP) is 2.23. The lowest BCUT2D eigenvalue weighted by Gasteiger charge is -2.37. The molecular formula is C23H27N5O3. The summed E-state index contributed by atoms with van der Waals surface area (Å²) < 4.78 is 2.52. The van der Waals surface area contributed by atoms with Crippen LogP contribution in [0.15, 0.2) is 64.3 Å². The van der Waals surface area contributed by atoms with Gasteiger partial charge in [-0.05, 0) is 55.0 Å². The smallest absolute Gasteiger partial charge is 0.352 e. The van der Waals surface area contributed by atoms with Crippen LogP contribution in [0, 0.1) is 0 Å². The van der Waals surface area contributed by atoms with E-state index in [-0.39, 0.29) is 11.3 Å². The van der Waals surface area contributed by atoms with E-state index in [0.29, 0.717) is 12.2 Å². The molecule has 1 aliphatic rings. The summed E-state index contributed by atoms with van der Waals surface area (Å²) in [5.74, 6) is 0.275. The van der Waals surface area contributed by atoms with Crippen molar-refractivity contribution in [2.45, 2.75) is 26.3 Å². The highest BCUT2D eigenvalue weighted by Crippen LogP contribution is 2.23. The highest BCUT2D eigenvalue weighted by atomic mass is 16.3. The van der Waals surface area contributed by atoms with Gasteiger partial charge in [-0.2, -0.15) is 9.78 Å². The normalized spacial score (nSPS) is 14.1. The minimum Gasteiger partial charge on any atom is -0.508 e. The third-order valence-electron chi connectivity index (χ3n) is 5.65. The minimum absolute atomic E-state index is 0.275. The fourth-order valence-electron chi connectivity index (χ4n) is 3.82. The van der Waals surface area contributed by atoms with Crippen LogP contribution in [0.3, 0.4) is 0 Å². The molecule has 0 spiro atoms. The maximum atomic E-state index is 12.7. The van der Waals surface area contributed by atoms with Gasteiger partial charge in [0.05, 0.1) is 5.69 Å². The summed E-state index contributed by atoms with van der Waals surface area (Å²) in [5.41, 5.74) is 2.06. The van der Waals surface area contributed by atoms with Crippen molar-refractivity contribution in [2.75, 3.05) is 36.0 Å². The maximum absolute atomic E-state index is 12.7. The molecule has 1 saturated heterocycles. The Morgan fingerprint density at radius 2 is 1.35 bits per heavy atom. The quantitative estimate of drug-likeness (QED) is 0.657. The maximum Gasteiger partial charge on any atom is 0.352 e. The molecule has 0 saturated carbocycles. The van der Waals surface area contributed by atoms with Crippen molar-refractivity contribution in [3.05, 3.63) is 75.6 Å². The summed E-state index contributed by atoms with van der Waals surface area (Å²) in [5, 5.41) is 13.5. The standard InChI is InChI=1S/C23H27N5O3/c1-2-3-12-27-22(30)17-24-28(23(27)31)20-6-4-18(5-7-20)25-13-15-26(16-14-25)19-8-10-21(29)11-9-19/h4-11,17,29H,2-3,12-16H2,1H3. The average Bonchev–Trinajstić information content (AvgIpc) is 2.80. The van der Waals surface area contributed by atoms with E-state index in [1.54, 1.807) is 12.1 Å². The average molecular weight is 422 g/mol. The molecule has 0 radical (unpaired) electrons. The molecule has 8 heteroatoms. The van der Waals surface area contributed by atoms with Gasteiger partial charge >= 0.3 is 5.69 Å². The first kappa shape index (κ1) is 20.7. The topological polar surface area (TPSA) is 83.6 Å². The largest absolute Gasteiger partial charge is 0.508 e. The molecule has 0 aliphatic carbocycles. The summed E-state index contributed by atoms with van der Waals surface area (Å²) in [6.07, 6.45) is 2.88. The first-order valence-electron chi connectivity index (χ1n) is 10.7. The Morgan fingerprint density at radius 1 is 0.839 bits per heavy atom. The number of phenolic OH excluding ortho intramolecular Hbond substituents is 1.